The van der Waals surface area contributed by atoms with Crippen LogP contribution in [0.5, 0.6) is 0 Å². The van der Waals surface area contributed by atoms with E-state index in [1.165, 1.54) is 205 Å². The van der Waals surface area contributed by atoms with Crippen LogP contribution in [0.1, 0.15) is 239 Å². The van der Waals surface area contributed by atoms with Crippen LogP contribution in [0.2, 0.25) is 0 Å². The van der Waals surface area contributed by atoms with Crippen LogP contribution in [-0.4, -0.2) is 63.6 Å². The zero-order chi connectivity index (χ0) is 39.8. The number of unbranched alkanes of at least 4 members (excludes halogenated alkanes) is 29. The van der Waals surface area contributed by atoms with Gasteiger partial charge in [-0.2, -0.15) is 0 Å². The highest BCUT2D eigenvalue weighted by Gasteiger charge is 2.21. The van der Waals surface area contributed by atoms with Gasteiger partial charge in [0.15, 0.2) is 0 Å². The molecule has 1 aliphatic rings. The molecule has 0 spiro atoms. The minimum Gasteiger partial charge on any atom is -0.388 e. The third kappa shape index (κ3) is 51.3. The van der Waals surface area contributed by atoms with Crippen LogP contribution in [-0.2, 0) is 18.9 Å². The minimum atomic E-state index is -0.482. The van der Waals surface area contributed by atoms with Gasteiger partial charge in [0.1, 0.15) is 12.2 Å². The number of ether oxygens (including phenoxy) is 4. The van der Waals surface area contributed by atoms with Crippen molar-refractivity contribution in [2.24, 2.45) is 0 Å². The third-order valence-corrected chi connectivity index (χ3v) is 10.6. The average molecular weight is 779 g/mol. The Balaban J connectivity index is 0.00000112. The van der Waals surface area contributed by atoms with E-state index < -0.39 is 6.10 Å². The van der Waals surface area contributed by atoms with E-state index in [9.17, 15) is 5.11 Å². The fourth-order valence-electron chi connectivity index (χ4n) is 6.75. The molecule has 2 unspecified atom stereocenters. The van der Waals surface area contributed by atoms with E-state index in [4.69, 9.17) is 18.9 Å². The highest BCUT2D eigenvalue weighted by Crippen LogP contribution is 2.13. The normalized spacial score (nSPS) is 14.6. The molecule has 55 heavy (non-hydrogen) atoms. The Labute approximate surface area is 344 Å². The van der Waals surface area contributed by atoms with E-state index in [0.717, 1.165) is 45.9 Å². The number of allylic oxidation sites excluding steroid dienone is 4. The van der Waals surface area contributed by atoms with Crippen molar-refractivity contribution in [1.82, 2.24) is 0 Å². The van der Waals surface area contributed by atoms with E-state index in [-0.39, 0.29) is 0 Å². The smallest absolute Gasteiger partial charge is 0.104 e. The Bertz CT molecular complexity index is 736. The average Bonchev–Trinajstić information content (AvgIpc) is 4.03. The summed E-state index contributed by atoms with van der Waals surface area (Å²) in [6.45, 7) is 11.8. The molecule has 2 atom stereocenters. The summed E-state index contributed by atoms with van der Waals surface area (Å²) < 4.78 is 21.8. The van der Waals surface area contributed by atoms with Gasteiger partial charge in [0.05, 0.1) is 26.4 Å². The molecule has 328 valence electrons. The van der Waals surface area contributed by atoms with Gasteiger partial charge in [0.25, 0.3) is 0 Å². The highest BCUT2D eigenvalue weighted by atomic mass is 16.6. The van der Waals surface area contributed by atoms with Crippen molar-refractivity contribution >= 4 is 0 Å². The third-order valence-electron chi connectivity index (χ3n) is 10.6. The van der Waals surface area contributed by atoms with Gasteiger partial charge in [0.2, 0.25) is 0 Å². The maximum absolute atomic E-state index is 9.90. The van der Waals surface area contributed by atoms with Gasteiger partial charge < -0.3 is 24.1 Å². The van der Waals surface area contributed by atoms with Crippen molar-refractivity contribution in [3.63, 3.8) is 0 Å². The van der Waals surface area contributed by atoms with E-state index in [1.54, 1.807) is 0 Å². The first-order valence-electron chi connectivity index (χ1n) is 24.6. The molecule has 5 heteroatoms. The summed E-state index contributed by atoms with van der Waals surface area (Å²) in [5.74, 6) is 0. The predicted molar refractivity (Wildman–Crippen MR) is 240 cm³/mol. The van der Waals surface area contributed by atoms with Crippen LogP contribution in [0.4, 0.5) is 0 Å². The Morgan fingerprint density at radius 1 is 0.418 bits per heavy atom. The van der Waals surface area contributed by atoms with E-state index in [0.29, 0.717) is 19.3 Å². The fourth-order valence-corrected chi connectivity index (χ4v) is 6.75. The largest absolute Gasteiger partial charge is 0.388 e. The maximum atomic E-state index is 9.90. The summed E-state index contributed by atoms with van der Waals surface area (Å²) in [4.78, 5) is 0. The molecule has 1 N–H and O–H groups in total. The first-order valence-corrected chi connectivity index (χ1v) is 24.6. The Morgan fingerprint density at radius 3 is 1.00 bits per heavy atom. The van der Waals surface area contributed by atoms with E-state index in [1.807, 2.05) is 0 Å². The lowest BCUT2D eigenvalue weighted by atomic mass is 10.1. The van der Waals surface area contributed by atoms with Crippen molar-refractivity contribution in [3.05, 3.63) is 24.3 Å². The van der Waals surface area contributed by atoms with Gasteiger partial charge in [-0.3, -0.25) is 0 Å². The topological polar surface area (TPSA) is 60.5 Å². The summed E-state index contributed by atoms with van der Waals surface area (Å²) in [5.41, 5.74) is 0. The number of hydrogen-bond acceptors (Lipinski definition) is 5. The second kappa shape index (κ2) is 49.4. The van der Waals surface area contributed by atoms with Crippen molar-refractivity contribution < 1.29 is 24.1 Å². The lowest BCUT2D eigenvalue weighted by Gasteiger charge is -2.12. The molecule has 1 saturated heterocycles. The van der Waals surface area contributed by atoms with Crippen LogP contribution >= 0.6 is 0 Å². The van der Waals surface area contributed by atoms with E-state index in [2.05, 4.69) is 45.1 Å². The molecule has 1 aliphatic heterocycles. The standard InChI is InChI=1S/C29H58O3.C21H40O2/c1-3-5-7-9-11-12-13-14-15-16-17-18-19-20-22-24-26-32-28-29(30)27-31-25-23-21-10-8-6-4-2;1-2-3-4-5-6-7-8-9-10-11-12-13-14-15-16-17-18-22-19-21-20-23-21/h14-15,29-30H,3-13,16-28H2,1-2H3;9-10,21H,2-8,11-20H2,1H3/b15-14-;10-9-. The molecular weight excluding hydrogens is 681 g/mol. The van der Waals surface area contributed by atoms with Crippen LogP contribution in [0, 0.1) is 0 Å². The molecule has 1 rings (SSSR count). The molecule has 1 heterocycles. The molecule has 0 aromatic heterocycles. The van der Waals surface area contributed by atoms with Gasteiger partial charge >= 0.3 is 0 Å². The Hall–Kier alpha value is -0.720. The number of aliphatic hydroxyl groups excluding tert-OH is 1. The first kappa shape index (κ1) is 54.3. The summed E-state index contributed by atoms with van der Waals surface area (Å²) in [6.07, 6.45) is 54.7. The highest BCUT2D eigenvalue weighted by molar-refractivity contribution is 4.82. The number of hydrogen-bond donors (Lipinski definition) is 1. The van der Waals surface area contributed by atoms with Gasteiger partial charge in [-0.25, -0.2) is 0 Å². The van der Waals surface area contributed by atoms with Crippen LogP contribution < -0.4 is 0 Å². The molecule has 5 nitrogen and oxygen atoms in total. The van der Waals surface area contributed by atoms with Gasteiger partial charge in [-0.1, -0.05) is 193 Å². The van der Waals surface area contributed by atoms with Crippen molar-refractivity contribution in [1.29, 1.82) is 0 Å². The Kier molecular flexibility index (Phi) is 48.8. The molecule has 0 aromatic carbocycles. The molecule has 0 radical (unpaired) electrons. The van der Waals surface area contributed by atoms with Crippen LogP contribution in [0.25, 0.3) is 0 Å². The predicted octanol–water partition coefficient (Wildman–Crippen LogP) is 15.2. The summed E-state index contributed by atoms with van der Waals surface area (Å²) >= 11 is 0. The fraction of sp³-hybridized carbons (Fsp3) is 0.920. The molecule has 1 fully saturated rings. The summed E-state index contributed by atoms with van der Waals surface area (Å²) in [5, 5.41) is 9.90. The zero-order valence-electron chi connectivity index (χ0n) is 37.5. The van der Waals surface area contributed by atoms with Crippen molar-refractivity contribution in [3.8, 4) is 0 Å². The Morgan fingerprint density at radius 2 is 0.691 bits per heavy atom. The molecule has 0 saturated carbocycles. The molecule has 0 amide bonds. The molecule has 0 aliphatic carbocycles. The minimum absolute atomic E-state index is 0.404. The van der Waals surface area contributed by atoms with Crippen molar-refractivity contribution in [2.75, 3.05) is 46.2 Å². The van der Waals surface area contributed by atoms with E-state index >= 15 is 0 Å². The monoisotopic (exact) mass is 779 g/mol. The second-order valence-corrected chi connectivity index (χ2v) is 16.5. The second-order valence-electron chi connectivity index (χ2n) is 16.5. The maximum Gasteiger partial charge on any atom is 0.104 e. The summed E-state index contributed by atoms with van der Waals surface area (Å²) in [7, 11) is 0. The number of aliphatic hydroxyl groups is 1. The van der Waals surface area contributed by atoms with Crippen molar-refractivity contribution in [2.45, 2.75) is 251 Å². The van der Waals surface area contributed by atoms with Gasteiger partial charge in [-0.05, 0) is 70.6 Å². The summed E-state index contributed by atoms with van der Waals surface area (Å²) in [6, 6.07) is 0. The first-order chi connectivity index (χ1) is 27.2. The van der Waals surface area contributed by atoms with Gasteiger partial charge in [-0.15, -0.1) is 0 Å². The lowest BCUT2D eigenvalue weighted by molar-refractivity contribution is -0.0201. The number of epoxide rings is 1. The molecular formula is C50H98O5. The van der Waals surface area contributed by atoms with Crippen LogP contribution in [0.3, 0.4) is 0 Å². The zero-order valence-corrected chi connectivity index (χ0v) is 37.5. The lowest BCUT2D eigenvalue weighted by Crippen LogP contribution is -2.22. The SMILES string of the molecule is CCCCCCCC/C=C\CCCCCCCCOCC(O)COCCCCCCCC.CCCCCCCC/C=C\CCCCCCCCOCC1CO1. The quantitative estimate of drug-likeness (QED) is 0.0379. The molecule has 0 aromatic rings. The number of rotatable bonds is 45. The van der Waals surface area contributed by atoms with Crippen LogP contribution in [0.15, 0.2) is 24.3 Å². The van der Waals surface area contributed by atoms with Gasteiger partial charge in [0, 0.05) is 19.8 Å². The molecule has 0 bridgehead atoms.